The fraction of sp³-hybridized carbons (Fsp3) is 0.556. The summed E-state index contributed by atoms with van der Waals surface area (Å²) in [5.41, 5.74) is 1.13. The molecule has 0 spiro atoms. The molecule has 0 aromatic heterocycles. The van der Waals surface area contributed by atoms with Crippen molar-refractivity contribution in [3.05, 3.63) is 29.8 Å². The van der Waals surface area contributed by atoms with Crippen LogP contribution in [0.25, 0.3) is 0 Å². The summed E-state index contributed by atoms with van der Waals surface area (Å²) in [6.07, 6.45) is 0.753. The third-order valence-electron chi connectivity index (χ3n) is 4.68. The summed E-state index contributed by atoms with van der Waals surface area (Å²) >= 11 is 1.43. The first-order valence-corrected chi connectivity index (χ1v) is 11.4. The van der Waals surface area contributed by atoms with Crippen LogP contribution in [-0.4, -0.2) is 60.8 Å². The zero-order valence-corrected chi connectivity index (χ0v) is 16.8. The first-order chi connectivity index (χ1) is 12.3. The number of hydrogen-bond acceptors (Lipinski definition) is 5. The van der Waals surface area contributed by atoms with E-state index < -0.39 is 9.84 Å². The molecule has 0 unspecified atom stereocenters. The molecule has 0 aliphatic carbocycles. The van der Waals surface area contributed by atoms with Gasteiger partial charge in [-0.3, -0.25) is 4.79 Å². The molecule has 0 N–H and O–H groups in total. The Balaban J connectivity index is 1.77. The standard InChI is InChI=1S/C18H24N2O4S2/c1-12(2)17(21)19-18-20(15-10-26(22,23)11-16(15)25-18)9-8-13-4-6-14(24-3)7-5-13/h4-7,12,15-16H,8-11H2,1-3H3/t15-,16-/m1/s1. The van der Waals surface area contributed by atoms with E-state index in [0.717, 1.165) is 17.7 Å². The normalized spacial score (nSPS) is 25.7. The van der Waals surface area contributed by atoms with Crippen LogP contribution in [0.1, 0.15) is 19.4 Å². The number of rotatable bonds is 5. The molecule has 2 aliphatic rings. The Bertz CT molecular complexity index is 803. The van der Waals surface area contributed by atoms with Gasteiger partial charge >= 0.3 is 0 Å². The predicted octanol–water partition coefficient (Wildman–Crippen LogP) is 1.99. The van der Waals surface area contributed by atoms with Gasteiger partial charge in [0.2, 0.25) is 0 Å². The van der Waals surface area contributed by atoms with Crippen LogP contribution >= 0.6 is 11.8 Å². The van der Waals surface area contributed by atoms with Crippen molar-refractivity contribution in [1.29, 1.82) is 0 Å². The molecule has 0 bridgehead atoms. The number of nitrogens with zero attached hydrogens (tertiary/aromatic N) is 2. The van der Waals surface area contributed by atoms with Crippen LogP contribution in [0.15, 0.2) is 29.3 Å². The lowest BCUT2D eigenvalue weighted by atomic mass is 10.1. The average Bonchev–Trinajstić information content (AvgIpc) is 3.04. The van der Waals surface area contributed by atoms with Crippen molar-refractivity contribution in [3.8, 4) is 5.75 Å². The van der Waals surface area contributed by atoms with Gasteiger partial charge in [0, 0.05) is 17.7 Å². The summed E-state index contributed by atoms with van der Waals surface area (Å²) in [5, 5.41) is 0.636. The zero-order chi connectivity index (χ0) is 18.9. The Morgan fingerprint density at radius 2 is 2.00 bits per heavy atom. The number of amides is 1. The second-order valence-corrected chi connectivity index (χ2v) is 10.3. The Morgan fingerprint density at radius 3 is 2.62 bits per heavy atom. The lowest BCUT2D eigenvalue weighted by Crippen LogP contribution is -2.39. The van der Waals surface area contributed by atoms with Crippen molar-refractivity contribution in [2.75, 3.05) is 25.2 Å². The lowest BCUT2D eigenvalue weighted by molar-refractivity contribution is -0.120. The van der Waals surface area contributed by atoms with Gasteiger partial charge in [-0.05, 0) is 24.1 Å². The highest BCUT2D eigenvalue weighted by Gasteiger charge is 2.48. The Morgan fingerprint density at radius 1 is 1.31 bits per heavy atom. The molecule has 2 fully saturated rings. The molecular formula is C18H24N2O4S2. The number of aliphatic imine (C=N–C) groups is 1. The van der Waals surface area contributed by atoms with E-state index in [-0.39, 0.29) is 34.6 Å². The van der Waals surface area contributed by atoms with Crippen molar-refractivity contribution >= 4 is 32.7 Å². The van der Waals surface area contributed by atoms with E-state index in [4.69, 9.17) is 4.74 Å². The first kappa shape index (κ1) is 19.2. The monoisotopic (exact) mass is 396 g/mol. The molecule has 26 heavy (non-hydrogen) atoms. The molecule has 1 aromatic carbocycles. The number of sulfone groups is 1. The summed E-state index contributed by atoms with van der Waals surface area (Å²) in [5.74, 6) is 0.774. The Hall–Kier alpha value is -1.54. The summed E-state index contributed by atoms with van der Waals surface area (Å²) in [6, 6.07) is 7.73. The molecule has 8 heteroatoms. The molecule has 2 saturated heterocycles. The number of methoxy groups -OCH3 is 1. The summed E-state index contributed by atoms with van der Waals surface area (Å²) in [7, 11) is -1.39. The molecule has 0 saturated carbocycles. The average molecular weight is 397 g/mol. The van der Waals surface area contributed by atoms with E-state index >= 15 is 0 Å². The van der Waals surface area contributed by atoms with Crippen molar-refractivity contribution in [1.82, 2.24) is 4.90 Å². The number of carbonyl (C=O) groups excluding carboxylic acids is 1. The van der Waals surface area contributed by atoms with Gasteiger partial charge in [-0.25, -0.2) is 8.42 Å². The van der Waals surface area contributed by atoms with Crippen LogP contribution in [0.4, 0.5) is 0 Å². The van der Waals surface area contributed by atoms with Crippen LogP contribution in [0.3, 0.4) is 0 Å². The highest BCUT2D eigenvalue weighted by atomic mass is 32.2. The molecule has 142 valence electrons. The number of fused-ring (bicyclic) bond motifs is 1. The highest BCUT2D eigenvalue weighted by Crippen LogP contribution is 2.38. The maximum Gasteiger partial charge on any atom is 0.250 e. The van der Waals surface area contributed by atoms with Gasteiger partial charge in [0.15, 0.2) is 15.0 Å². The summed E-state index contributed by atoms with van der Waals surface area (Å²) in [4.78, 5) is 18.4. The molecule has 6 nitrogen and oxygen atoms in total. The largest absolute Gasteiger partial charge is 0.497 e. The van der Waals surface area contributed by atoms with Gasteiger partial charge in [0.1, 0.15) is 5.75 Å². The van der Waals surface area contributed by atoms with Crippen molar-refractivity contribution in [3.63, 3.8) is 0 Å². The van der Waals surface area contributed by atoms with E-state index in [1.807, 2.05) is 43.0 Å². The first-order valence-electron chi connectivity index (χ1n) is 8.68. The molecule has 3 rings (SSSR count). The maximum absolute atomic E-state index is 12.1. The number of carbonyl (C=O) groups is 1. The smallest absolute Gasteiger partial charge is 0.250 e. The SMILES string of the molecule is COc1ccc(CCN2C(=NC(=O)C(C)C)S[C@@H]3CS(=O)(=O)C[C@H]32)cc1. The third-order valence-corrected chi connectivity index (χ3v) is 7.92. The van der Waals surface area contributed by atoms with Gasteiger partial charge in [0.25, 0.3) is 5.91 Å². The van der Waals surface area contributed by atoms with Crippen molar-refractivity contribution in [2.45, 2.75) is 31.6 Å². The fourth-order valence-corrected chi connectivity index (χ4v) is 7.15. The van der Waals surface area contributed by atoms with Crippen LogP contribution in [0.5, 0.6) is 5.75 Å². The van der Waals surface area contributed by atoms with E-state index in [1.165, 1.54) is 11.8 Å². The molecule has 2 heterocycles. The number of benzene rings is 1. The van der Waals surface area contributed by atoms with Crippen LogP contribution in [0, 0.1) is 5.92 Å². The minimum absolute atomic E-state index is 0.0328. The second-order valence-electron chi connectivity index (χ2n) is 6.98. The topological polar surface area (TPSA) is 76.0 Å². The van der Waals surface area contributed by atoms with Crippen LogP contribution in [-0.2, 0) is 21.1 Å². The van der Waals surface area contributed by atoms with E-state index in [0.29, 0.717) is 11.7 Å². The van der Waals surface area contributed by atoms with Crippen molar-refractivity contribution in [2.24, 2.45) is 10.9 Å². The van der Waals surface area contributed by atoms with Gasteiger partial charge in [0.05, 0.1) is 24.7 Å². The van der Waals surface area contributed by atoms with Gasteiger partial charge < -0.3 is 9.64 Å². The number of ether oxygens (including phenoxy) is 1. The Labute approximate surface area is 158 Å². The van der Waals surface area contributed by atoms with Gasteiger partial charge in [-0.1, -0.05) is 37.7 Å². The van der Waals surface area contributed by atoms with E-state index in [9.17, 15) is 13.2 Å². The lowest BCUT2D eigenvalue weighted by Gasteiger charge is -2.24. The summed E-state index contributed by atoms with van der Waals surface area (Å²) < 4.78 is 29.2. The van der Waals surface area contributed by atoms with Crippen LogP contribution in [0.2, 0.25) is 0 Å². The number of thioether (sulfide) groups is 1. The van der Waals surface area contributed by atoms with Crippen molar-refractivity contribution < 1.29 is 17.9 Å². The summed E-state index contributed by atoms with van der Waals surface area (Å²) in [6.45, 7) is 4.28. The molecule has 2 atom stereocenters. The van der Waals surface area contributed by atoms with Crippen LogP contribution < -0.4 is 4.74 Å². The fourth-order valence-electron chi connectivity index (χ4n) is 3.16. The predicted molar refractivity (Wildman–Crippen MR) is 105 cm³/mol. The molecule has 1 amide bonds. The molecular weight excluding hydrogens is 372 g/mol. The molecule has 1 aromatic rings. The van der Waals surface area contributed by atoms with E-state index in [2.05, 4.69) is 4.99 Å². The second kappa shape index (κ2) is 7.60. The minimum atomic E-state index is -3.02. The minimum Gasteiger partial charge on any atom is -0.497 e. The Kier molecular flexibility index (Phi) is 5.62. The van der Waals surface area contributed by atoms with Gasteiger partial charge in [-0.15, -0.1) is 0 Å². The quantitative estimate of drug-likeness (QED) is 0.758. The number of hydrogen-bond donors (Lipinski definition) is 0. The molecule has 2 aliphatic heterocycles. The third kappa shape index (κ3) is 4.23. The molecule has 0 radical (unpaired) electrons. The van der Waals surface area contributed by atoms with E-state index in [1.54, 1.807) is 7.11 Å². The zero-order valence-electron chi connectivity index (χ0n) is 15.2. The maximum atomic E-state index is 12.1. The highest BCUT2D eigenvalue weighted by molar-refractivity contribution is 8.15. The number of amidine groups is 1. The van der Waals surface area contributed by atoms with Gasteiger partial charge in [-0.2, -0.15) is 4.99 Å².